The highest BCUT2D eigenvalue weighted by atomic mass is 35.5. The molecule has 3 aromatic rings. The summed E-state index contributed by atoms with van der Waals surface area (Å²) in [7, 11) is 3.07. The minimum absolute atomic E-state index is 0.305. The van der Waals surface area contributed by atoms with Crippen LogP contribution in [0.25, 0.3) is 10.1 Å². The van der Waals surface area contributed by atoms with E-state index >= 15 is 0 Å². The molecule has 0 atom stereocenters. The fourth-order valence-corrected chi connectivity index (χ4v) is 4.63. The molecule has 0 bridgehead atoms. The Morgan fingerprint density at radius 2 is 1.76 bits per heavy atom. The Hall–Kier alpha value is -1.66. The molecule has 0 aliphatic carbocycles. The summed E-state index contributed by atoms with van der Waals surface area (Å²) in [6.07, 6.45) is 0. The summed E-state index contributed by atoms with van der Waals surface area (Å²) < 4.78 is 11.2. The number of hydrogen-bond donors (Lipinski definition) is 1. The predicted molar refractivity (Wildman–Crippen MR) is 104 cm³/mol. The van der Waals surface area contributed by atoms with Crippen LogP contribution in [0.15, 0.2) is 30.3 Å². The highest BCUT2D eigenvalue weighted by Gasteiger charge is 2.20. The number of thiophene rings is 1. The Morgan fingerprint density at radius 3 is 2.44 bits per heavy atom. The van der Waals surface area contributed by atoms with Crippen LogP contribution in [0.1, 0.15) is 9.67 Å². The van der Waals surface area contributed by atoms with Crippen molar-refractivity contribution in [3.05, 3.63) is 50.3 Å². The van der Waals surface area contributed by atoms with E-state index in [-0.39, 0.29) is 5.91 Å². The molecule has 0 unspecified atom stereocenters. The van der Waals surface area contributed by atoms with Gasteiger partial charge < -0.3 is 14.8 Å². The number of ether oxygens (including phenoxy) is 2. The van der Waals surface area contributed by atoms with Crippen molar-refractivity contribution in [1.29, 1.82) is 0 Å². The Bertz CT molecular complexity index is 971. The second-order valence-electron chi connectivity index (χ2n) is 5.03. The molecule has 1 aromatic heterocycles. The smallest absolute Gasteiger partial charge is 0.267 e. The SMILES string of the molecule is COc1ccc(NC(=O)c2sc3cc(Cl)cc(Cl)c3c2Cl)cc1OC. The number of amides is 1. The minimum atomic E-state index is -0.342. The number of methoxy groups -OCH3 is 2. The number of benzene rings is 2. The van der Waals surface area contributed by atoms with Crippen molar-refractivity contribution in [3.63, 3.8) is 0 Å². The first-order chi connectivity index (χ1) is 11.9. The van der Waals surface area contributed by atoms with Crippen LogP contribution in [0.3, 0.4) is 0 Å². The van der Waals surface area contributed by atoms with Gasteiger partial charge in [0.25, 0.3) is 5.91 Å². The van der Waals surface area contributed by atoms with Crippen LogP contribution in [0.2, 0.25) is 15.1 Å². The normalized spacial score (nSPS) is 10.8. The van der Waals surface area contributed by atoms with Crippen molar-refractivity contribution >= 4 is 67.8 Å². The van der Waals surface area contributed by atoms with E-state index in [2.05, 4.69) is 5.32 Å². The van der Waals surface area contributed by atoms with Gasteiger partial charge in [0, 0.05) is 26.9 Å². The molecule has 0 saturated carbocycles. The number of anilines is 1. The van der Waals surface area contributed by atoms with Gasteiger partial charge >= 0.3 is 0 Å². The summed E-state index contributed by atoms with van der Waals surface area (Å²) in [5, 5.41) is 4.62. The molecule has 0 spiro atoms. The lowest BCUT2D eigenvalue weighted by Crippen LogP contribution is -2.10. The Kier molecular flexibility index (Phi) is 5.29. The number of carbonyl (C=O) groups excluding carboxylic acids is 1. The van der Waals surface area contributed by atoms with Crippen LogP contribution in [0.5, 0.6) is 11.5 Å². The fraction of sp³-hybridized carbons (Fsp3) is 0.118. The van der Waals surface area contributed by atoms with E-state index in [1.165, 1.54) is 18.4 Å². The number of halogens is 3. The Balaban J connectivity index is 1.95. The minimum Gasteiger partial charge on any atom is -0.493 e. The molecule has 25 heavy (non-hydrogen) atoms. The molecule has 0 fully saturated rings. The summed E-state index contributed by atoms with van der Waals surface area (Å²) in [6, 6.07) is 8.41. The average Bonchev–Trinajstić information content (AvgIpc) is 2.91. The van der Waals surface area contributed by atoms with Crippen molar-refractivity contribution < 1.29 is 14.3 Å². The van der Waals surface area contributed by atoms with Gasteiger partial charge in [-0.1, -0.05) is 34.8 Å². The monoisotopic (exact) mass is 415 g/mol. The molecular weight excluding hydrogens is 405 g/mol. The van der Waals surface area contributed by atoms with E-state index in [1.807, 2.05) is 0 Å². The van der Waals surface area contributed by atoms with Gasteiger partial charge in [-0.2, -0.15) is 0 Å². The molecule has 4 nitrogen and oxygen atoms in total. The quantitative estimate of drug-likeness (QED) is 0.556. The van der Waals surface area contributed by atoms with E-state index in [0.717, 1.165) is 4.70 Å². The van der Waals surface area contributed by atoms with Gasteiger partial charge in [0.05, 0.1) is 24.3 Å². The van der Waals surface area contributed by atoms with Gasteiger partial charge in [-0.05, 0) is 24.3 Å². The summed E-state index contributed by atoms with van der Waals surface area (Å²) >= 11 is 19.8. The molecule has 130 valence electrons. The summed E-state index contributed by atoms with van der Waals surface area (Å²) in [5.74, 6) is 0.741. The van der Waals surface area contributed by atoms with Crippen molar-refractivity contribution in [1.82, 2.24) is 0 Å². The molecular formula is C17H12Cl3NO3S. The van der Waals surface area contributed by atoms with Gasteiger partial charge in [-0.3, -0.25) is 4.79 Å². The third-order valence-corrected chi connectivity index (χ3v) is 5.64. The lowest BCUT2D eigenvalue weighted by atomic mass is 10.2. The van der Waals surface area contributed by atoms with E-state index in [9.17, 15) is 4.79 Å². The standard InChI is InChI=1S/C17H12Cl3NO3S/c1-23-11-4-3-9(7-12(11)24-2)21-17(22)16-15(20)14-10(19)5-8(18)6-13(14)25-16/h3-7H,1-2H3,(H,21,22). The van der Waals surface area contributed by atoms with E-state index in [4.69, 9.17) is 44.3 Å². The second-order valence-corrected chi connectivity index (χ2v) is 7.30. The zero-order valence-corrected chi connectivity index (χ0v) is 16.2. The molecule has 0 aliphatic rings. The third kappa shape index (κ3) is 3.51. The van der Waals surface area contributed by atoms with Gasteiger partial charge in [-0.15, -0.1) is 11.3 Å². The maximum atomic E-state index is 12.6. The van der Waals surface area contributed by atoms with Gasteiger partial charge in [0.1, 0.15) is 4.88 Å². The first-order valence-electron chi connectivity index (χ1n) is 7.05. The Morgan fingerprint density at radius 1 is 1.04 bits per heavy atom. The maximum Gasteiger partial charge on any atom is 0.267 e. The van der Waals surface area contributed by atoms with Gasteiger partial charge in [0.15, 0.2) is 11.5 Å². The van der Waals surface area contributed by atoms with Crippen LogP contribution in [0.4, 0.5) is 5.69 Å². The fourth-order valence-electron chi connectivity index (χ4n) is 2.36. The highest BCUT2D eigenvalue weighted by molar-refractivity contribution is 7.21. The summed E-state index contributed by atoms with van der Waals surface area (Å²) in [5.41, 5.74) is 0.556. The van der Waals surface area contributed by atoms with Crippen LogP contribution in [0, 0.1) is 0 Å². The number of carbonyl (C=O) groups is 1. The van der Waals surface area contributed by atoms with Crippen LogP contribution < -0.4 is 14.8 Å². The first kappa shape index (κ1) is 18.1. The van der Waals surface area contributed by atoms with E-state index in [1.54, 1.807) is 37.4 Å². The number of nitrogens with one attached hydrogen (secondary N) is 1. The van der Waals surface area contributed by atoms with Gasteiger partial charge in [-0.25, -0.2) is 0 Å². The highest BCUT2D eigenvalue weighted by Crippen LogP contribution is 2.41. The zero-order valence-electron chi connectivity index (χ0n) is 13.2. The number of fused-ring (bicyclic) bond motifs is 1. The molecule has 1 N–H and O–H groups in total. The topological polar surface area (TPSA) is 47.6 Å². The zero-order chi connectivity index (χ0) is 18.1. The van der Waals surface area contributed by atoms with Gasteiger partial charge in [0.2, 0.25) is 0 Å². The average molecular weight is 417 g/mol. The van der Waals surface area contributed by atoms with Crippen LogP contribution in [-0.4, -0.2) is 20.1 Å². The molecule has 1 amide bonds. The summed E-state index contributed by atoms with van der Waals surface area (Å²) in [6.45, 7) is 0. The van der Waals surface area contributed by atoms with Crippen molar-refractivity contribution in [2.75, 3.05) is 19.5 Å². The van der Waals surface area contributed by atoms with Crippen molar-refractivity contribution in [2.24, 2.45) is 0 Å². The van der Waals surface area contributed by atoms with E-state index in [0.29, 0.717) is 42.5 Å². The molecule has 3 rings (SSSR count). The molecule has 0 saturated heterocycles. The first-order valence-corrected chi connectivity index (χ1v) is 9.00. The molecule has 1 heterocycles. The number of rotatable bonds is 4. The second kappa shape index (κ2) is 7.30. The maximum absolute atomic E-state index is 12.6. The van der Waals surface area contributed by atoms with Crippen molar-refractivity contribution in [3.8, 4) is 11.5 Å². The third-order valence-electron chi connectivity index (χ3n) is 3.50. The molecule has 2 aromatic carbocycles. The lowest BCUT2D eigenvalue weighted by Gasteiger charge is -2.10. The Labute approximate surface area is 163 Å². The number of hydrogen-bond acceptors (Lipinski definition) is 4. The molecule has 8 heteroatoms. The summed E-state index contributed by atoms with van der Waals surface area (Å²) in [4.78, 5) is 13.0. The largest absolute Gasteiger partial charge is 0.493 e. The molecule has 0 aliphatic heterocycles. The lowest BCUT2D eigenvalue weighted by molar-refractivity contribution is 0.103. The predicted octanol–water partition coefficient (Wildman–Crippen LogP) is 6.13. The van der Waals surface area contributed by atoms with Crippen LogP contribution >= 0.6 is 46.1 Å². The van der Waals surface area contributed by atoms with E-state index < -0.39 is 0 Å². The van der Waals surface area contributed by atoms with Crippen molar-refractivity contribution in [2.45, 2.75) is 0 Å². The molecule has 0 radical (unpaired) electrons. The van der Waals surface area contributed by atoms with Crippen LogP contribution in [-0.2, 0) is 0 Å².